The minimum atomic E-state index is -0.455. The molecule has 0 spiro atoms. The molecule has 172 valence electrons. The second kappa shape index (κ2) is 10.4. The van der Waals surface area contributed by atoms with Crippen molar-refractivity contribution in [3.05, 3.63) is 104 Å². The van der Waals surface area contributed by atoms with Crippen LogP contribution in [0.15, 0.2) is 81.1 Å². The lowest BCUT2D eigenvalue weighted by Crippen LogP contribution is -2.28. The Hall–Kier alpha value is -3.85. The molecule has 0 saturated heterocycles. The number of carbonyl (C=O) groups excluding carboxylic acids is 1. The summed E-state index contributed by atoms with van der Waals surface area (Å²) in [4.78, 5) is 25.5. The quantitative estimate of drug-likeness (QED) is 0.293. The molecule has 9 heteroatoms. The van der Waals surface area contributed by atoms with Crippen molar-refractivity contribution in [2.24, 2.45) is 5.10 Å². The van der Waals surface area contributed by atoms with Crippen LogP contribution in [0.2, 0.25) is 0 Å². The number of rotatable bonds is 7. The first-order chi connectivity index (χ1) is 16.4. The van der Waals surface area contributed by atoms with Gasteiger partial charge in [0.1, 0.15) is 11.6 Å². The van der Waals surface area contributed by atoms with Crippen molar-refractivity contribution in [3.8, 4) is 5.75 Å². The number of nitrogens with one attached hydrogen (secondary N) is 1. The number of carbonyl (C=O) groups is 1. The summed E-state index contributed by atoms with van der Waals surface area (Å²) in [6, 6.07) is 18.7. The molecule has 1 aromatic heterocycles. The molecule has 0 aliphatic rings. The minimum Gasteiger partial charge on any atom is -0.497 e. The molecule has 3 aromatic carbocycles. The predicted molar refractivity (Wildman–Crippen MR) is 132 cm³/mol. The Balaban J connectivity index is 1.57. The zero-order valence-corrected chi connectivity index (χ0v) is 19.8. The van der Waals surface area contributed by atoms with Crippen molar-refractivity contribution < 1.29 is 13.9 Å². The summed E-state index contributed by atoms with van der Waals surface area (Å²) in [5, 5.41) is 9.34. The van der Waals surface area contributed by atoms with Crippen molar-refractivity contribution >= 4 is 38.8 Å². The number of hydrogen-bond donors (Lipinski definition) is 1. The largest absolute Gasteiger partial charge is 0.497 e. The molecule has 0 unspecified atom stereocenters. The number of ether oxygens (including phenoxy) is 1. The molecule has 4 rings (SSSR count). The fraction of sp³-hybridized carbons (Fsp3) is 0.120. The molecule has 0 atom stereocenters. The maximum Gasteiger partial charge on any atom is 0.274 e. The first kappa shape index (κ1) is 23.3. The molecule has 4 aromatic rings. The number of amides is 1. The fourth-order valence-corrected chi connectivity index (χ4v) is 3.75. The molecular formula is C25H20BrFN4O3. The van der Waals surface area contributed by atoms with Crippen LogP contribution in [0.1, 0.15) is 16.8 Å². The average molecular weight is 523 g/mol. The number of halogens is 2. The standard InChI is InChI=1S/C25H20BrFN4O3/c1-34-19-10-6-16(7-11-19)14-28-29-24(32)13-23-20-4-2-3-5-21(20)25(33)31(30-23)15-17-8-9-18(26)12-22(17)27/h2-12,14H,13,15H2,1H3,(H,29,32)/b28-14+. The lowest BCUT2D eigenvalue weighted by Gasteiger charge is -2.11. The van der Waals surface area contributed by atoms with Gasteiger partial charge in [-0.25, -0.2) is 14.5 Å². The molecule has 34 heavy (non-hydrogen) atoms. The van der Waals surface area contributed by atoms with Crippen LogP contribution in [0.3, 0.4) is 0 Å². The van der Waals surface area contributed by atoms with Crippen LogP contribution in [-0.4, -0.2) is 29.0 Å². The third kappa shape index (κ3) is 5.37. The van der Waals surface area contributed by atoms with E-state index in [1.54, 1.807) is 67.8 Å². The Morgan fingerprint density at radius 3 is 2.59 bits per heavy atom. The predicted octanol–water partition coefficient (Wildman–Crippen LogP) is 4.05. The van der Waals surface area contributed by atoms with Gasteiger partial charge in [-0.05, 0) is 48.0 Å². The Morgan fingerprint density at radius 1 is 1.15 bits per heavy atom. The monoisotopic (exact) mass is 522 g/mol. The number of hydrogen-bond acceptors (Lipinski definition) is 5. The number of benzene rings is 3. The maximum atomic E-state index is 14.4. The summed E-state index contributed by atoms with van der Waals surface area (Å²) in [5.74, 6) is -0.136. The normalized spacial score (nSPS) is 11.1. The van der Waals surface area contributed by atoms with E-state index in [1.807, 2.05) is 0 Å². The number of hydrazone groups is 1. The smallest absolute Gasteiger partial charge is 0.274 e. The van der Waals surface area contributed by atoms with Gasteiger partial charge in [-0.2, -0.15) is 10.2 Å². The van der Waals surface area contributed by atoms with Crippen LogP contribution in [0.5, 0.6) is 5.75 Å². The van der Waals surface area contributed by atoms with Crippen LogP contribution < -0.4 is 15.7 Å². The van der Waals surface area contributed by atoms with Crippen LogP contribution in [-0.2, 0) is 17.8 Å². The summed E-state index contributed by atoms with van der Waals surface area (Å²) in [5.41, 5.74) is 3.61. The number of methoxy groups -OCH3 is 1. The molecule has 1 heterocycles. The highest BCUT2D eigenvalue weighted by Crippen LogP contribution is 2.18. The summed E-state index contributed by atoms with van der Waals surface area (Å²) in [6.45, 7) is -0.0625. The van der Waals surface area contributed by atoms with Gasteiger partial charge in [0.25, 0.3) is 5.56 Å². The first-order valence-corrected chi connectivity index (χ1v) is 11.1. The van der Waals surface area contributed by atoms with Gasteiger partial charge in [0.15, 0.2) is 0 Å². The second-order valence-corrected chi connectivity index (χ2v) is 8.35. The molecule has 0 fully saturated rings. The van der Waals surface area contributed by atoms with Crippen LogP contribution in [0.4, 0.5) is 4.39 Å². The van der Waals surface area contributed by atoms with Crippen molar-refractivity contribution in [1.82, 2.24) is 15.2 Å². The Morgan fingerprint density at radius 2 is 1.88 bits per heavy atom. The van der Waals surface area contributed by atoms with Crippen molar-refractivity contribution in [1.29, 1.82) is 0 Å². The van der Waals surface area contributed by atoms with E-state index >= 15 is 0 Å². The van der Waals surface area contributed by atoms with E-state index in [9.17, 15) is 14.0 Å². The molecule has 0 radical (unpaired) electrons. The third-order valence-electron chi connectivity index (χ3n) is 5.13. The highest BCUT2D eigenvalue weighted by Gasteiger charge is 2.15. The van der Waals surface area contributed by atoms with Gasteiger partial charge in [0.05, 0.1) is 37.4 Å². The summed E-state index contributed by atoms with van der Waals surface area (Å²) in [7, 11) is 1.58. The Bertz CT molecular complexity index is 1430. The SMILES string of the molecule is COc1ccc(/C=N/NC(=O)Cc2nn(Cc3ccc(Br)cc3F)c(=O)c3ccccc23)cc1. The van der Waals surface area contributed by atoms with E-state index in [2.05, 4.69) is 31.6 Å². The van der Waals surface area contributed by atoms with E-state index in [-0.39, 0.29) is 18.5 Å². The van der Waals surface area contributed by atoms with Crippen LogP contribution >= 0.6 is 15.9 Å². The van der Waals surface area contributed by atoms with E-state index in [1.165, 1.54) is 17.0 Å². The van der Waals surface area contributed by atoms with Crippen molar-refractivity contribution in [2.75, 3.05) is 7.11 Å². The summed E-state index contributed by atoms with van der Waals surface area (Å²) in [6.07, 6.45) is 1.41. The number of nitrogens with zero attached hydrogens (tertiary/aromatic N) is 3. The molecule has 1 amide bonds. The van der Waals surface area contributed by atoms with E-state index in [0.29, 0.717) is 26.5 Å². The molecular weight excluding hydrogens is 503 g/mol. The zero-order chi connectivity index (χ0) is 24.1. The van der Waals surface area contributed by atoms with Gasteiger partial charge in [-0.1, -0.05) is 40.2 Å². The van der Waals surface area contributed by atoms with Gasteiger partial charge in [-0.3, -0.25) is 9.59 Å². The topological polar surface area (TPSA) is 85.6 Å². The van der Waals surface area contributed by atoms with Crippen LogP contribution in [0.25, 0.3) is 10.8 Å². The number of fused-ring (bicyclic) bond motifs is 1. The van der Waals surface area contributed by atoms with Gasteiger partial charge in [-0.15, -0.1) is 0 Å². The molecule has 1 N–H and O–H groups in total. The van der Waals surface area contributed by atoms with E-state index in [4.69, 9.17) is 4.74 Å². The van der Waals surface area contributed by atoms with Crippen molar-refractivity contribution in [2.45, 2.75) is 13.0 Å². The van der Waals surface area contributed by atoms with Gasteiger partial charge in [0.2, 0.25) is 5.91 Å². The van der Waals surface area contributed by atoms with Gasteiger partial charge < -0.3 is 4.74 Å². The van der Waals surface area contributed by atoms with E-state index < -0.39 is 11.7 Å². The fourth-order valence-electron chi connectivity index (χ4n) is 3.41. The number of aromatic nitrogens is 2. The maximum absolute atomic E-state index is 14.4. The highest BCUT2D eigenvalue weighted by molar-refractivity contribution is 9.10. The lowest BCUT2D eigenvalue weighted by molar-refractivity contribution is -0.120. The summed E-state index contributed by atoms with van der Waals surface area (Å²) < 4.78 is 21.2. The molecule has 0 bridgehead atoms. The third-order valence-corrected chi connectivity index (χ3v) is 5.62. The Kier molecular flexibility index (Phi) is 7.12. The molecule has 0 aliphatic carbocycles. The molecule has 0 aliphatic heterocycles. The van der Waals surface area contributed by atoms with Crippen molar-refractivity contribution in [3.63, 3.8) is 0 Å². The van der Waals surface area contributed by atoms with E-state index in [0.717, 1.165) is 11.3 Å². The Labute approximate surface area is 203 Å². The zero-order valence-electron chi connectivity index (χ0n) is 18.2. The second-order valence-electron chi connectivity index (χ2n) is 7.43. The average Bonchev–Trinajstić information content (AvgIpc) is 2.84. The minimum absolute atomic E-state index is 0.0625. The highest BCUT2D eigenvalue weighted by atomic mass is 79.9. The van der Waals surface area contributed by atoms with Gasteiger partial charge in [0, 0.05) is 15.4 Å². The molecule has 0 saturated carbocycles. The lowest BCUT2D eigenvalue weighted by atomic mass is 10.1. The first-order valence-electron chi connectivity index (χ1n) is 10.3. The van der Waals surface area contributed by atoms with Gasteiger partial charge >= 0.3 is 0 Å². The molecule has 7 nitrogen and oxygen atoms in total. The summed E-state index contributed by atoms with van der Waals surface area (Å²) >= 11 is 3.22. The van der Waals surface area contributed by atoms with Crippen LogP contribution in [0, 0.1) is 5.82 Å².